The van der Waals surface area contributed by atoms with Crippen molar-refractivity contribution in [3.63, 3.8) is 0 Å². The van der Waals surface area contributed by atoms with E-state index in [2.05, 4.69) is 10.2 Å². The Bertz CT molecular complexity index is 333. The van der Waals surface area contributed by atoms with Crippen LogP contribution in [-0.4, -0.2) is 26.4 Å². The number of aryl methyl sites for hydroxylation is 1. The Balaban J connectivity index is 2.20. The summed E-state index contributed by atoms with van der Waals surface area (Å²) in [5.41, 5.74) is 5.26. The summed E-state index contributed by atoms with van der Waals surface area (Å²) in [5, 5.41) is 16.1. The molecule has 0 saturated heterocycles. The Kier molecular flexibility index (Phi) is 4.61. The standard InChI is InChI=1S/C9H17N5S/c1-7-12-13-9(14(7)2)15-6-4-3-5-8(10)11/h3-6H2,1-2H3,(H3,10,11). The quantitative estimate of drug-likeness (QED) is 0.332. The molecule has 0 aromatic carbocycles. The first kappa shape index (κ1) is 12.0. The number of nitrogens with two attached hydrogens (primary N) is 1. The second-order valence-corrected chi connectivity index (χ2v) is 4.48. The molecule has 0 amide bonds. The van der Waals surface area contributed by atoms with Gasteiger partial charge < -0.3 is 10.3 Å². The molecule has 6 heteroatoms. The lowest BCUT2D eigenvalue weighted by Crippen LogP contribution is -2.08. The zero-order valence-corrected chi connectivity index (χ0v) is 9.97. The summed E-state index contributed by atoms with van der Waals surface area (Å²) in [7, 11) is 1.97. The van der Waals surface area contributed by atoms with Crippen LogP contribution in [0.1, 0.15) is 25.1 Å². The molecule has 1 heterocycles. The van der Waals surface area contributed by atoms with Crippen LogP contribution in [0.2, 0.25) is 0 Å². The maximum atomic E-state index is 7.08. The molecule has 0 unspecified atom stereocenters. The van der Waals surface area contributed by atoms with E-state index in [0.29, 0.717) is 6.42 Å². The minimum absolute atomic E-state index is 0.273. The van der Waals surface area contributed by atoms with Gasteiger partial charge in [-0.05, 0) is 19.8 Å². The summed E-state index contributed by atoms with van der Waals surface area (Å²) in [5.74, 6) is 2.20. The van der Waals surface area contributed by atoms with Crippen molar-refractivity contribution in [1.82, 2.24) is 14.8 Å². The summed E-state index contributed by atoms with van der Waals surface area (Å²) in [4.78, 5) is 0. The van der Waals surface area contributed by atoms with E-state index in [4.69, 9.17) is 11.1 Å². The van der Waals surface area contributed by atoms with E-state index in [1.54, 1.807) is 11.8 Å². The normalized spacial score (nSPS) is 10.5. The van der Waals surface area contributed by atoms with Gasteiger partial charge in [0.2, 0.25) is 0 Å². The van der Waals surface area contributed by atoms with Gasteiger partial charge in [0.25, 0.3) is 0 Å². The van der Waals surface area contributed by atoms with Gasteiger partial charge in [-0.1, -0.05) is 11.8 Å². The highest BCUT2D eigenvalue weighted by Crippen LogP contribution is 2.17. The molecule has 5 nitrogen and oxygen atoms in total. The van der Waals surface area contributed by atoms with Crippen molar-refractivity contribution in [2.45, 2.75) is 31.3 Å². The molecule has 1 rings (SSSR count). The van der Waals surface area contributed by atoms with Crippen molar-refractivity contribution < 1.29 is 0 Å². The Morgan fingerprint density at radius 2 is 2.20 bits per heavy atom. The zero-order chi connectivity index (χ0) is 11.3. The summed E-state index contributed by atoms with van der Waals surface area (Å²) in [6, 6.07) is 0. The number of hydrogen-bond donors (Lipinski definition) is 2. The number of thioether (sulfide) groups is 1. The molecular weight excluding hydrogens is 210 g/mol. The van der Waals surface area contributed by atoms with E-state index in [1.807, 2.05) is 18.5 Å². The Hall–Kier alpha value is -1.04. The molecule has 15 heavy (non-hydrogen) atoms. The first-order valence-electron chi connectivity index (χ1n) is 4.93. The minimum Gasteiger partial charge on any atom is -0.388 e. The third kappa shape index (κ3) is 3.91. The molecule has 0 radical (unpaired) electrons. The van der Waals surface area contributed by atoms with Crippen LogP contribution in [0.3, 0.4) is 0 Å². The van der Waals surface area contributed by atoms with Crippen LogP contribution in [-0.2, 0) is 7.05 Å². The van der Waals surface area contributed by atoms with Crippen molar-refractivity contribution in [3.8, 4) is 0 Å². The smallest absolute Gasteiger partial charge is 0.190 e. The summed E-state index contributed by atoms with van der Waals surface area (Å²) >= 11 is 1.70. The summed E-state index contributed by atoms with van der Waals surface area (Å²) in [6.45, 7) is 1.94. The summed E-state index contributed by atoms with van der Waals surface area (Å²) < 4.78 is 1.98. The minimum atomic E-state index is 0.273. The van der Waals surface area contributed by atoms with E-state index in [-0.39, 0.29) is 5.84 Å². The van der Waals surface area contributed by atoms with Gasteiger partial charge in [-0.2, -0.15) is 0 Å². The second kappa shape index (κ2) is 5.75. The highest BCUT2D eigenvalue weighted by molar-refractivity contribution is 7.99. The lowest BCUT2D eigenvalue weighted by atomic mass is 10.2. The number of hydrogen-bond acceptors (Lipinski definition) is 4. The van der Waals surface area contributed by atoms with Crippen LogP contribution >= 0.6 is 11.8 Å². The van der Waals surface area contributed by atoms with Gasteiger partial charge in [-0.25, -0.2) is 0 Å². The lowest BCUT2D eigenvalue weighted by Gasteiger charge is -2.01. The van der Waals surface area contributed by atoms with Crippen molar-refractivity contribution in [2.24, 2.45) is 12.8 Å². The number of nitrogens with zero attached hydrogens (tertiary/aromatic N) is 3. The van der Waals surface area contributed by atoms with E-state index in [0.717, 1.165) is 29.6 Å². The monoisotopic (exact) mass is 227 g/mol. The molecule has 0 aliphatic heterocycles. The van der Waals surface area contributed by atoms with Crippen LogP contribution in [0.4, 0.5) is 0 Å². The first-order valence-corrected chi connectivity index (χ1v) is 5.91. The topological polar surface area (TPSA) is 80.6 Å². The fraction of sp³-hybridized carbons (Fsp3) is 0.667. The lowest BCUT2D eigenvalue weighted by molar-refractivity contribution is 0.762. The second-order valence-electron chi connectivity index (χ2n) is 3.42. The van der Waals surface area contributed by atoms with Gasteiger partial charge in [0.1, 0.15) is 5.82 Å². The number of amidine groups is 1. The Labute approximate surface area is 94.0 Å². The average molecular weight is 227 g/mol. The number of aromatic nitrogens is 3. The van der Waals surface area contributed by atoms with Crippen molar-refractivity contribution in [2.75, 3.05) is 5.75 Å². The van der Waals surface area contributed by atoms with Gasteiger partial charge in [-0.15, -0.1) is 10.2 Å². The first-order chi connectivity index (χ1) is 7.11. The van der Waals surface area contributed by atoms with Crippen molar-refractivity contribution >= 4 is 17.6 Å². The number of rotatable bonds is 6. The molecule has 0 spiro atoms. The molecule has 1 aromatic heterocycles. The van der Waals surface area contributed by atoms with E-state index in [9.17, 15) is 0 Å². The SMILES string of the molecule is Cc1nnc(SCCCCC(=N)N)n1C. The largest absolute Gasteiger partial charge is 0.388 e. The fourth-order valence-electron chi connectivity index (χ4n) is 1.09. The average Bonchev–Trinajstić information content (AvgIpc) is 2.48. The van der Waals surface area contributed by atoms with Gasteiger partial charge in [0.05, 0.1) is 5.84 Å². The zero-order valence-electron chi connectivity index (χ0n) is 9.16. The molecule has 84 valence electrons. The molecule has 0 bridgehead atoms. The summed E-state index contributed by atoms with van der Waals surface area (Å²) in [6.07, 6.45) is 2.72. The predicted molar refractivity (Wildman–Crippen MR) is 62.2 cm³/mol. The van der Waals surface area contributed by atoms with E-state index >= 15 is 0 Å². The molecule has 0 aliphatic carbocycles. The third-order valence-electron chi connectivity index (χ3n) is 2.12. The number of unbranched alkanes of at least 4 members (excludes halogenated alkanes) is 1. The molecule has 1 aromatic rings. The fourth-order valence-corrected chi connectivity index (χ4v) is 2.05. The van der Waals surface area contributed by atoms with Crippen LogP contribution < -0.4 is 5.73 Å². The maximum Gasteiger partial charge on any atom is 0.190 e. The predicted octanol–water partition coefficient (Wildman–Crippen LogP) is 1.32. The van der Waals surface area contributed by atoms with Crippen LogP contribution in [0.15, 0.2) is 5.16 Å². The third-order valence-corrected chi connectivity index (χ3v) is 3.23. The van der Waals surface area contributed by atoms with Crippen LogP contribution in [0.25, 0.3) is 0 Å². The molecule has 0 aliphatic rings. The Morgan fingerprint density at radius 3 is 2.73 bits per heavy atom. The molecular formula is C9H17N5S. The molecule has 3 N–H and O–H groups in total. The van der Waals surface area contributed by atoms with Gasteiger partial charge in [0.15, 0.2) is 5.16 Å². The highest BCUT2D eigenvalue weighted by atomic mass is 32.2. The molecule has 0 saturated carbocycles. The highest BCUT2D eigenvalue weighted by Gasteiger charge is 2.04. The number of nitrogens with one attached hydrogen (secondary N) is 1. The van der Waals surface area contributed by atoms with Crippen LogP contribution in [0, 0.1) is 12.3 Å². The molecule has 0 fully saturated rings. The van der Waals surface area contributed by atoms with Gasteiger partial charge in [-0.3, -0.25) is 5.41 Å². The van der Waals surface area contributed by atoms with Gasteiger partial charge in [0, 0.05) is 19.2 Å². The molecule has 0 atom stereocenters. The van der Waals surface area contributed by atoms with E-state index in [1.165, 1.54) is 0 Å². The van der Waals surface area contributed by atoms with Crippen molar-refractivity contribution in [3.05, 3.63) is 5.82 Å². The maximum absolute atomic E-state index is 7.08. The Morgan fingerprint density at radius 1 is 1.47 bits per heavy atom. The van der Waals surface area contributed by atoms with Crippen LogP contribution in [0.5, 0.6) is 0 Å². The van der Waals surface area contributed by atoms with Crippen molar-refractivity contribution in [1.29, 1.82) is 5.41 Å². The van der Waals surface area contributed by atoms with Gasteiger partial charge >= 0.3 is 0 Å². The van der Waals surface area contributed by atoms with E-state index < -0.39 is 0 Å².